The van der Waals surface area contributed by atoms with Crippen LogP contribution in [-0.4, -0.2) is 0 Å². The lowest BCUT2D eigenvalue weighted by atomic mass is 9.69. The summed E-state index contributed by atoms with van der Waals surface area (Å²) in [6, 6.07) is 71.0. The minimum atomic E-state index is -0.686. The van der Waals surface area contributed by atoms with Crippen LogP contribution in [0.5, 0.6) is 11.5 Å². The highest BCUT2D eigenvalue weighted by atomic mass is 16.5. The molecule has 1 aliphatic carbocycles. The summed E-state index contributed by atoms with van der Waals surface area (Å²) in [4.78, 5) is 2.34. The molecule has 0 saturated carbocycles. The average molecular weight is 756 g/mol. The first-order valence-electron chi connectivity index (χ1n) is 20.1. The van der Waals surface area contributed by atoms with Gasteiger partial charge in [0.1, 0.15) is 27.9 Å². The molecule has 2 aromatic heterocycles. The number of furan rings is 2. The number of nitrogens with zero attached hydrogens (tertiary/aromatic N) is 1. The van der Waals surface area contributed by atoms with E-state index in [4.69, 9.17) is 13.6 Å². The van der Waals surface area contributed by atoms with Crippen molar-refractivity contribution in [3.8, 4) is 33.8 Å². The molecule has 11 aromatic rings. The van der Waals surface area contributed by atoms with E-state index in [-0.39, 0.29) is 0 Å². The molecule has 13 rings (SSSR count). The van der Waals surface area contributed by atoms with Crippen molar-refractivity contribution in [3.63, 3.8) is 0 Å². The second-order valence-electron chi connectivity index (χ2n) is 15.5. The van der Waals surface area contributed by atoms with Crippen LogP contribution >= 0.6 is 0 Å². The third-order valence-corrected chi connectivity index (χ3v) is 12.5. The van der Waals surface area contributed by atoms with Gasteiger partial charge in [0.25, 0.3) is 0 Å². The molecule has 4 heteroatoms. The SMILES string of the molecule is c1ccc2c(c1)Oc1c(oc3ccc(N(c4ccc(-c5cccc6ccccc56)cc4)c4cccc5oc6ccccc6c45)cc13)C21c2ccccc2-c2ccccc21. The molecule has 276 valence electrons. The van der Waals surface area contributed by atoms with E-state index < -0.39 is 5.41 Å². The van der Waals surface area contributed by atoms with E-state index in [0.29, 0.717) is 0 Å². The molecular formula is C55H33NO3. The van der Waals surface area contributed by atoms with Crippen LogP contribution in [0.4, 0.5) is 17.1 Å². The minimum absolute atomic E-state index is 0.686. The van der Waals surface area contributed by atoms with E-state index in [2.05, 4.69) is 193 Å². The summed E-state index contributed by atoms with van der Waals surface area (Å²) in [5, 5.41) is 5.49. The number of benzene rings is 9. The molecule has 1 spiro atoms. The van der Waals surface area contributed by atoms with Crippen LogP contribution in [-0.2, 0) is 5.41 Å². The van der Waals surface area contributed by atoms with Crippen molar-refractivity contribution in [1.29, 1.82) is 0 Å². The predicted octanol–water partition coefficient (Wildman–Crippen LogP) is 15.1. The standard InChI is InChI=1S/C55H33NO3/c1-2-15-38-34(13-1)14-11-19-39(38)35-27-29-36(30-28-35)56(47-23-12-26-51-52(47)42-18-5-9-24-48(42)57-51)37-31-32-49-43(33-37)53-54(59-49)55(46-22-8-10-25-50(46)58-53)44-20-6-3-16-40(44)41-17-4-7-21-45(41)55/h1-33H. The van der Waals surface area contributed by atoms with Crippen LogP contribution < -0.4 is 9.64 Å². The number of fused-ring (bicyclic) bond motifs is 15. The van der Waals surface area contributed by atoms with Gasteiger partial charge in [-0.3, -0.25) is 0 Å². The zero-order valence-electron chi connectivity index (χ0n) is 31.7. The fourth-order valence-corrected chi connectivity index (χ4v) is 10.1. The summed E-state index contributed by atoms with van der Waals surface area (Å²) in [6.45, 7) is 0. The van der Waals surface area contributed by atoms with Gasteiger partial charge in [-0.25, -0.2) is 0 Å². The van der Waals surface area contributed by atoms with Gasteiger partial charge in [0.15, 0.2) is 11.5 Å². The molecule has 0 unspecified atom stereocenters. The van der Waals surface area contributed by atoms with Crippen molar-refractivity contribution in [2.45, 2.75) is 5.41 Å². The third kappa shape index (κ3) is 4.43. The quantitative estimate of drug-likeness (QED) is 0.179. The number of para-hydroxylation sites is 2. The normalized spacial score (nSPS) is 13.4. The van der Waals surface area contributed by atoms with Crippen LogP contribution in [0.3, 0.4) is 0 Å². The van der Waals surface area contributed by atoms with Gasteiger partial charge in [-0.1, -0.05) is 146 Å². The van der Waals surface area contributed by atoms with Crippen molar-refractivity contribution < 1.29 is 13.6 Å². The highest BCUT2D eigenvalue weighted by Gasteiger charge is 2.54. The fraction of sp³-hybridized carbons (Fsp3) is 0.0182. The monoisotopic (exact) mass is 755 g/mol. The van der Waals surface area contributed by atoms with Crippen LogP contribution in [0.15, 0.2) is 209 Å². The Morgan fingerprint density at radius 1 is 0.407 bits per heavy atom. The Labute approximate surface area is 339 Å². The van der Waals surface area contributed by atoms with Gasteiger partial charge in [0.05, 0.1) is 16.5 Å². The van der Waals surface area contributed by atoms with E-state index in [1.807, 2.05) is 12.1 Å². The highest BCUT2D eigenvalue weighted by Crippen LogP contribution is 2.64. The summed E-state index contributed by atoms with van der Waals surface area (Å²) < 4.78 is 20.5. The molecular weight excluding hydrogens is 723 g/mol. The van der Waals surface area contributed by atoms with E-state index in [9.17, 15) is 0 Å². The predicted molar refractivity (Wildman–Crippen MR) is 238 cm³/mol. The van der Waals surface area contributed by atoms with Gasteiger partial charge in [0, 0.05) is 22.3 Å². The summed E-state index contributed by atoms with van der Waals surface area (Å²) in [5.74, 6) is 2.37. The van der Waals surface area contributed by atoms with Gasteiger partial charge >= 0.3 is 0 Å². The molecule has 3 heterocycles. The van der Waals surface area contributed by atoms with E-state index >= 15 is 0 Å². The first kappa shape index (κ1) is 32.3. The Balaban J connectivity index is 1.05. The molecule has 0 bridgehead atoms. The van der Waals surface area contributed by atoms with Crippen molar-refractivity contribution >= 4 is 60.7 Å². The summed E-state index contributed by atoms with van der Waals surface area (Å²) in [7, 11) is 0. The van der Waals surface area contributed by atoms with E-state index in [1.165, 1.54) is 38.6 Å². The molecule has 0 N–H and O–H groups in total. The molecule has 9 aromatic carbocycles. The van der Waals surface area contributed by atoms with Gasteiger partial charge < -0.3 is 18.5 Å². The number of hydrogen-bond acceptors (Lipinski definition) is 4. The Bertz CT molecular complexity index is 3450. The second-order valence-corrected chi connectivity index (χ2v) is 15.5. The lowest BCUT2D eigenvalue weighted by molar-refractivity contribution is 0.389. The minimum Gasteiger partial charge on any atom is -0.456 e. The first-order chi connectivity index (χ1) is 29.3. The topological polar surface area (TPSA) is 38.8 Å². The van der Waals surface area contributed by atoms with E-state index in [0.717, 1.165) is 78.4 Å². The molecule has 0 saturated heterocycles. The van der Waals surface area contributed by atoms with Crippen molar-refractivity contribution in [2.24, 2.45) is 0 Å². The van der Waals surface area contributed by atoms with E-state index in [1.54, 1.807) is 0 Å². The Hall–Kier alpha value is -7.82. The highest BCUT2D eigenvalue weighted by molar-refractivity contribution is 6.13. The fourth-order valence-electron chi connectivity index (χ4n) is 10.1. The second kappa shape index (κ2) is 12.1. The Kier molecular flexibility index (Phi) is 6.62. The zero-order chi connectivity index (χ0) is 38.7. The van der Waals surface area contributed by atoms with Crippen LogP contribution in [0.2, 0.25) is 0 Å². The molecule has 0 atom stereocenters. The Morgan fingerprint density at radius 2 is 1.02 bits per heavy atom. The Morgan fingerprint density at radius 3 is 1.85 bits per heavy atom. The number of rotatable bonds is 4. The summed E-state index contributed by atoms with van der Waals surface area (Å²) in [6.07, 6.45) is 0. The molecule has 1 aliphatic heterocycles. The van der Waals surface area contributed by atoms with Crippen LogP contribution in [0.1, 0.15) is 22.5 Å². The zero-order valence-corrected chi connectivity index (χ0v) is 31.7. The molecule has 0 fully saturated rings. The van der Waals surface area contributed by atoms with Gasteiger partial charge in [-0.15, -0.1) is 0 Å². The van der Waals surface area contributed by atoms with Crippen molar-refractivity contribution in [1.82, 2.24) is 0 Å². The molecule has 4 nitrogen and oxygen atoms in total. The number of ether oxygens (including phenoxy) is 1. The van der Waals surface area contributed by atoms with Crippen molar-refractivity contribution in [2.75, 3.05) is 4.90 Å². The van der Waals surface area contributed by atoms with Gasteiger partial charge in [-0.05, 0) is 98.8 Å². The largest absolute Gasteiger partial charge is 0.456 e. The van der Waals surface area contributed by atoms with Gasteiger partial charge in [-0.2, -0.15) is 0 Å². The molecule has 0 amide bonds. The lowest BCUT2D eigenvalue weighted by Gasteiger charge is -2.36. The van der Waals surface area contributed by atoms with Crippen LogP contribution in [0.25, 0.3) is 65.9 Å². The maximum absolute atomic E-state index is 7.10. The molecule has 0 radical (unpaired) electrons. The lowest BCUT2D eigenvalue weighted by Crippen LogP contribution is -2.31. The third-order valence-electron chi connectivity index (χ3n) is 12.5. The average Bonchev–Trinajstić information content (AvgIpc) is 3.96. The van der Waals surface area contributed by atoms with Crippen LogP contribution in [0, 0.1) is 0 Å². The number of hydrogen-bond donors (Lipinski definition) is 0. The smallest absolute Gasteiger partial charge is 0.178 e. The summed E-state index contributed by atoms with van der Waals surface area (Å²) in [5.41, 5.74) is 13.1. The first-order valence-corrected chi connectivity index (χ1v) is 20.1. The summed E-state index contributed by atoms with van der Waals surface area (Å²) >= 11 is 0. The number of anilines is 3. The van der Waals surface area contributed by atoms with Crippen molar-refractivity contribution in [3.05, 3.63) is 223 Å². The maximum atomic E-state index is 7.10. The van der Waals surface area contributed by atoms with Gasteiger partial charge in [0.2, 0.25) is 0 Å². The molecule has 2 aliphatic rings. The maximum Gasteiger partial charge on any atom is 0.178 e. The molecule has 59 heavy (non-hydrogen) atoms.